The molecule has 1 aromatic heterocycles. The summed E-state index contributed by atoms with van der Waals surface area (Å²) in [5.74, 6) is -1.33. The second-order valence-electron chi connectivity index (χ2n) is 15.3. The SMILES string of the molecule is C[C@@H](C(=O)Nc1ccc(OCCOCCOCCOCCNc2cccc3c2C(=O)N(C2CCC(=O)NC2=O)C3=O)cc1)C1CCC(c2ccnc3ccc(F)cc23)CC1. The van der Waals surface area contributed by atoms with Crippen molar-refractivity contribution in [2.24, 2.45) is 11.8 Å². The summed E-state index contributed by atoms with van der Waals surface area (Å²) in [6, 6.07) is 17.9. The molecule has 2 fully saturated rings. The van der Waals surface area contributed by atoms with Gasteiger partial charge in [-0.2, -0.15) is 0 Å². The lowest BCUT2D eigenvalue weighted by Gasteiger charge is -2.32. The minimum absolute atomic E-state index is 0.00484. The molecule has 1 saturated carbocycles. The Morgan fingerprint density at radius 1 is 0.850 bits per heavy atom. The minimum atomic E-state index is -1.02. The highest BCUT2D eigenvalue weighted by Gasteiger charge is 2.45. The van der Waals surface area contributed by atoms with Crippen LogP contribution in [0.5, 0.6) is 5.75 Å². The highest BCUT2D eigenvalue weighted by molar-refractivity contribution is 6.25. The van der Waals surface area contributed by atoms with E-state index in [4.69, 9.17) is 18.9 Å². The van der Waals surface area contributed by atoms with Crippen LogP contribution in [0.3, 0.4) is 0 Å². The fourth-order valence-electron chi connectivity index (χ4n) is 8.21. The molecule has 60 heavy (non-hydrogen) atoms. The number of nitrogens with one attached hydrogen (secondary N) is 3. The van der Waals surface area contributed by atoms with Crippen LogP contribution in [0.15, 0.2) is 72.9 Å². The Bertz CT molecular complexity index is 2190. The lowest BCUT2D eigenvalue weighted by molar-refractivity contribution is -0.136. The van der Waals surface area contributed by atoms with E-state index in [1.54, 1.807) is 36.5 Å². The average molecular weight is 824 g/mol. The van der Waals surface area contributed by atoms with E-state index >= 15 is 0 Å². The maximum absolute atomic E-state index is 14.0. The van der Waals surface area contributed by atoms with Gasteiger partial charge in [0.15, 0.2) is 0 Å². The van der Waals surface area contributed by atoms with Crippen molar-refractivity contribution in [2.75, 3.05) is 63.4 Å². The first-order valence-electron chi connectivity index (χ1n) is 20.6. The quantitative estimate of drug-likeness (QED) is 0.0763. The van der Waals surface area contributed by atoms with Crippen LogP contribution >= 0.6 is 0 Å². The summed E-state index contributed by atoms with van der Waals surface area (Å²) >= 11 is 0. The molecule has 15 heteroatoms. The Labute approximate surface area is 347 Å². The van der Waals surface area contributed by atoms with Gasteiger partial charge >= 0.3 is 0 Å². The standard InChI is InChI=1S/C45H50FN5O9/c1-28(29-5-7-30(8-6-29)34-17-18-47-37-14-9-31(46)27-36(34)37)42(53)49-32-10-12-33(13-11-32)60-26-25-59-24-23-58-22-21-57-20-19-48-38-4-2-3-35-41(38)45(56)51(44(35)55)39-15-16-40(52)50-43(39)54/h2-4,9-14,17-18,27-30,39,48H,5-8,15-16,19-26H2,1H3,(H,49,53)(H,50,52,54)/t28-,29?,30?,39?/m1/s1. The van der Waals surface area contributed by atoms with Crippen LogP contribution in [-0.4, -0.2) is 98.3 Å². The molecule has 3 aromatic carbocycles. The monoisotopic (exact) mass is 823 g/mol. The van der Waals surface area contributed by atoms with Gasteiger partial charge in [-0.25, -0.2) is 4.39 Å². The van der Waals surface area contributed by atoms with Gasteiger partial charge in [0.2, 0.25) is 17.7 Å². The number of ether oxygens (including phenoxy) is 4. The zero-order valence-electron chi connectivity index (χ0n) is 33.6. The van der Waals surface area contributed by atoms with Crippen LogP contribution in [0.4, 0.5) is 15.8 Å². The molecule has 2 aliphatic heterocycles. The Balaban J connectivity index is 0.713. The van der Waals surface area contributed by atoms with E-state index in [9.17, 15) is 28.4 Å². The number of hydrogen-bond acceptors (Lipinski definition) is 11. The first-order chi connectivity index (χ1) is 29.2. The normalized spacial score (nSPS) is 19.6. The van der Waals surface area contributed by atoms with Crippen molar-refractivity contribution >= 4 is 51.8 Å². The smallest absolute Gasteiger partial charge is 0.264 e. The molecule has 2 atom stereocenters. The summed E-state index contributed by atoms with van der Waals surface area (Å²) in [5, 5.41) is 9.26. The minimum Gasteiger partial charge on any atom is -0.491 e. The van der Waals surface area contributed by atoms with Gasteiger partial charge in [0.1, 0.15) is 24.2 Å². The summed E-state index contributed by atoms with van der Waals surface area (Å²) in [6.45, 7) is 4.90. The predicted molar refractivity (Wildman–Crippen MR) is 220 cm³/mol. The van der Waals surface area contributed by atoms with Crippen LogP contribution in [-0.2, 0) is 28.6 Å². The van der Waals surface area contributed by atoms with Gasteiger partial charge in [0.25, 0.3) is 11.8 Å². The van der Waals surface area contributed by atoms with Gasteiger partial charge in [-0.1, -0.05) is 13.0 Å². The van der Waals surface area contributed by atoms with Crippen LogP contribution in [0.2, 0.25) is 0 Å². The summed E-state index contributed by atoms with van der Waals surface area (Å²) in [5.41, 5.74) is 3.53. The van der Waals surface area contributed by atoms with Gasteiger partial charge in [-0.3, -0.25) is 39.2 Å². The van der Waals surface area contributed by atoms with E-state index in [1.807, 2.05) is 37.3 Å². The average Bonchev–Trinajstić information content (AvgIpc) is 3.51. The molecule has 0 radical (unpaired) electrons. The number of halogens is 1. The van der Waals surface area contributed by atoms with E-state index in [0.717, 1.165) is 47.0 Å². The van der Waals surface area contributed by atoms with Gasteiger partial charge in [0.05, 0.1) is 56.3 Å². The second-order valence-corrected chi connectivity index (χ2v) is 15.3. The fraction of sp³-hybridized carbons (Fsp3) is 0.422. The molecule has 7 rings (SSSR count). The summed E-state index contributed by atoms with van der Waals surface area (Å²) < 4.78 is 36.6. The van der Waals surface area contributed by atoms with E-state index in [1.165, 1.54) is 6.07 Å². The number of anilines is 2. The van der Waals surface area contributed by atoms with Gasteiger partial charge < -0.3 is 29.6 Å². The molecule has 14 nitrogen and oxygen atoms in total. The molecule has 4 aromatic rings. The molecular weight excluding hydrogens is 774 g/mol. The Morgan fingerprint density at radius 3 is 2.30 bits per heavy atom. The molecule has 1 aliphatic carbocycles. The molecule has 0 spiro atoms. The first kappa shape index (κ1) is 42.4. The number of amides is 5. The Morgan fingerprint density at radius 2 is 1.57 bits per heavy atom. The first-order valence-corrected chi connectivity index (χ1v) is 20.6. The fourth-order valence-corrected chi connectivity index (χ4v) is 8.21. The number of piperidine rings is 1. The Hall–Kier alpha value is -5.77. The van der Waals surface area contributed by atoms with Crippen molar-refractivity contribution in [1.82, 2.24) is 15.2 Å². The number of carbonyl (C=O) groups excluding carboxylic acids is 5. The molecule has 5 amide bonds. The lowest BCUT2D eigenvalue weighted by atomic mass is 9.73. The zero-order valence-corrected chi connectivity index (χ0v) is 33.6. The van der Waals surface area contributed by atoms with Crippen LogP contribution in [0.1, 0.15) is 77.6 Å². The number of rotatable bonds is 19. The number of imide groups is 2. The summed E-state index contributed by atoms with van der Waals surface area (Å²) in [4.78, 5) is 68.6. The maximum atomic E-state index is 14.0. The third-order valence-corrected chi connectivity index (χ3v) is 11.5. The number of hydrogen-bond donors (Lipinski definition) is 3. The number of pyridine rings is 1. The topological polar surface area (TPSA) is 174 Å². The third kappa shape index (κ3) is 10.1. The van der Waals surface area contributed by atoms with Crippen molar-refractivity contribution in [3.8, 4) is 5.75 Å². The van der Waals surface area contributed by atoms with Crippen molar-refractivity contribution in [3.05, 3.63) is 95.4 Å². The van der Waals surface area contributed by atoms with Crippen LogP contribution < -0.4 is 20.7 Å². The van der Waals surface area contributed by atoms with Crippen LogP contribution in [0, 0.1) is 17.7 Å². The number of fused-ring (bicyclic) bond motifs is 2. The van der Waals surface area contributed by atoms with Gasteiger partial charge in [0, 0.05) is 41.8 Å². The highest BCUT2D eigenvalue weighted by atomic mass is 19.1. The molecule has 316 valence electrons. The van der Waals surface area contributed by atoms with Crippen molar-refractivity contribution < 1.29 is 47.3 Å². The number of nitrogens with zero attached hydrogens (tertiary/aromatic N) is 2. The predicted octanol–water partition coefficient (Wildman–Crippen LogP) is 5.86. The van der Waals surface area contributed by atoms with Crippen molar-refractivity contribution in [1.29, 1.82) is 0 Å². The maximum Gasteiger partial charge on any atom is 0.264 e. The van der Waals surface area contributed by atoms with E-state index < -0.39 is 29.7 Å². The van der Waals surface area contributed by atoms with Gasteiger partial charge in [-0.05, 0) is 110 Å². The highest BCUT2D eigenvalue weighted by Crippen LogP contribution is 2.41. The van der Waals surface area contributed by atoms with E-state index in [-0.39, 0.29) is 47.5 Å². The molecule has 3 aliphatic rings. The molecule has 3 heterocycles. The molecule has 3 N–H and O–H groups in total. The largest absolute Gasteiger partial charge is 0.491 e. The molecule has 1 unspecified atom stereocenters. The van der Waals surface area contributed by atoms with E-state index in [0.29, 0.717) is 75.8 Å². The number of benzene rings is 3. The lowest BCUT2D eigenvalue weighted by Crippen LogP contribution is -2.54. The van der Waals surface area contributed by atoms with Gasteiger partial charge in [-0.15, -0.1) is 0 Å². The summed E-state index contributed by atoms with van der Waals surface area (Å²) in [7, 11) is 0. The third-order valence-electron chi connectivity index (χ3n) is 11.5. The van der Waals surface area contributed by atoms with E-state index in [2.05, 4.69) is 20.9 Å². The second kappa shape index (κ2) is 20.0. The zero-order chi connectivity index (χ0) is 42.0. The number of aromatic nitrogens is 1. The molecule has 1 saturated heterocycles. The van der Waals surface area contributed by atoms with Crippen LogP contribution in [0.25, 0.3) is 10.9 Å². The van der Waals surface area contributed by atoms with Crippen molar-refractivity contribution in [3.63, 3.8) is 0 Å². The van der Waals surface area contributed by atoms with Crippen molar-refractivity contribution in [2.45, 2.75) is 57.4 Å². The molecule has 0 bridgehead atoms. The molecular formula is C45H50FN5O9. The summed E-state index contributed by atoms with van der Waals surface area (Å²) in [6.07, 6.45) is 5.71. The Kier molecular flexibility index (Phi) is 14.1. The number of carbonyl (C=O) groups is 5.